The van der Waals surface area contributed by atoms with E-state index in [2.05, 4.69) is 253 Å². The predicted octanol–water partition coefficient (Wildman–Crippen LogP) is 17.0. The maximum atomic E-state index is 2.54. The van der Waals surface area contributed by atoms with Crippen LogP contribution in [-0.2, 0) is 0 Å². The predicted molar refractivity (Wildman–Crippen MR) is 268 cm³/mol. The fourth-order valence-electron chi connectivity index (χ4n) is 10.3. The first-order valence-corrected chi connectivity index (χ1v) is 22.0. The van der Waals surface area contributed by atoms with E-state index >= 15 is 0 Å². The minimum Gasteiger partial charge on any atom is -0.309 e. The van der Waals surface area contributed by atoms with Gasteiger partial charge in [0.2, 0.25) is 0 Å². The smallest absolute Gasteiger partial charge is 0.0620 e. The Balaban J connectivity index is 1.16. The van der Waals surface area contributed by atoms with Crippen LogP contribution >= 0.6 is 0 Å². The van der Waals surface area contributed by atoms with Crippen LogP contribution in [0.1, 0.15) is 24.0 Å². The third-order valence-corrected chi connectivity index (χ3v) is 13.2. The number of fused-ring (bicyclic) bond motifs is 3. The van der Waals surface area contributed by atoms with Gasteiger partial charge in [-0.05, 0) is 94.3 Å². The van der Waals surface area contributed by atoms with E-state index < -0.39 is 0 Å². The number of benzene rings is 9. The van der Waals surface area contributed by atoms with Crippen molar-refractivity contribution < 1.29 is 0 Å². The van der Waals surface area contributed by atoms with E-state index in [0.717, 1.165) is 47.0 Å². The van der Waals surface area contributed by atoms with Crippen LogP contribution in [-0.4, -0.2) is 0 Å². The Hall–Kier alpha value is -7.94. The van der Waals surface area contributed by atoms with Gasteiger partial charge in [-0.3, -0.25) is 0 Å². The summed E-state index contributed by atoms with van der Waals surface area (Å²) in [6.45, 7) is 0. The van der Waals surface area contributed by atoms with Crippen molar-refractivity contribution in [2.45, 2.75) is 12.8 Å². The van der Waals surface area contributed by atoms with Crippen molar-refractivity contribution in [3.8, 4) is 22.3 Å². The highest BCUT2D eigenvalue weighted by Gasteiger charge is 2.35. The second kappa shape index (κ2) is 15.2. The van der Waals surface area contributed by atoms with Gasteiger partial charge in [-0.25, -0.2) is 0 Å². The molecule has 9 aromatic rings. The molecule has 0 amide bonds. The van der Waals surface area contributed by atoms with E-state index in [0.29, 0.717) is 0 Å². The molecule has 2 aliphatic carbocycles. The molecule has 2 heteroatoms. The SMILES string of the molecule is C1=CC23C=CC(=CC2)c2ccccc2N(c2c4ccccc4c(N(c4cccc(-c5ccccc5)c4)c4cccc(-c5ccccc5)c4)c4ccccc24)c2cccc(c2)C3=CC1. The number of anilines is 6. The fourth-order valence-corrected chi connectivity index (χ4v) is 10.3. The number of rotatable bonds is 6. The lowest BCUT2D eigenvalue weighted by atomic mass is 9.69. The molecular formula is C61H44N2. The average molecular weight is 805 g/mol. The average Bonchev–Trinajstić information content (AvgIpc) is 3.38. The van der Waals surface area contributed by atoms with E-state index in [9.17, 15) is 0 Å². The van der Waals surface area contributed by atoms with Gasteiger partial charge in [0, 0.05) is 49.6 Å². The van der Waals surface area contributed by atoms with Crippen LogP contribution in [0.2, 0.25) is 0 Å². The molecule has 63 heavy (non-hydrogen) atoms. The van der Waals surface area contributed by atoms with Gasteiger partial charge in [0.15, 0.2) is 0 Å². The Morgan fingerprint density at radius 2 is 1.00 bits per heavy atom. The molecule has 0 radical (unpaired) electrons. The van der Waals surface area contributed by atoms with Crippen molar-refractivity contribution in [3.63, 3.8) is 0 Å². The number of allylic oxidation sites excluding steroid dienone is 8. The van der Waals surface area contributed by atoms with Gasteiger partial charge in [-0.15, -0.1) is 0 Å². The number of hydrogen-bond acceptors (Lipinski definition) is 2. The van der Waals surface area contributed by atoms with Crippen LogP contribution in [0.15, 0.2) is 243 Å². The van der Waals surface area contributed by atoms with Crippen LogP contribution < -0.4 is 9.80 Å². The molecule has 0 saturated heterocycles. The molecule has 4 aliphatic rings. The largest absolute Gasteiger partial charge is 0.309 e. The lowest BCUT2D eigenvalue weighted by molar-refractivity contribution is 0.648. The fraction of sp³-hybridized carbons (Fsp3) is 0.0492. The second-order valence-electron chi connectivity index (χ2n) is 16.9. The molecule has 0 fully saturated rings. The van der Waals surface area contributed by atoms with E-state index in [1.165, 1.54) is 66.1 Å². The first-order valence-electron chi connectivity index (χ1n) is 22.0. The highest BCUT2D eigenvalue weighted by atomic mass is 15.2. The summed E-state index contributed by atoms with van der Waals surface area (Å²) in [6, 6.07) is 75.8. The molecule has 1 spiro atoms. The highest BCUT2D eigenvalue weighted by Crippen LogP contribution is 2.55. The zero-order chi connectivity index (χ0) is 41.7. The summed E-state index contributed by atoms with van der Waals surface area (Å²) in [6.07, 6.45) is 16.3. The minimum atomic E-state index is -0.162. The topological polar surface area (TPSA) is 6.48 Å². The molecule has 0 saturated carbocycles. The van der Waals surface area contributed by atoms with Crippen LogP contribution in [0, 0.1) is 5.41 Å². The lowest BCUT2D eigenvalue weighted by Gasteiger charge is -2.34. The highest BCUT2D eigenvalue weighted by molar-refractivity contribution is 6.23. The summed E-state index contributed by atoms with van der Waals surface area (Å²) in [4.78, 5) is 5.04. The van der Waals surface area contributed by atoms with Crippen molar-refractivity contribution in [1.29, 1.82) is 0 Å². The van der Waals surface area contributed by atoms with Crippen molar-refractivity contribution in [3.05, 3.63) is 254 Å². The summed E-state index contributed by atoms with van der Waals surface area (Å²) < 4.78 is 0. The first-order chi connectivity index (χ1) is 31.2. The van der Waals surface area contributed by atoms with E-state index in [4.69, 9.17) is 0 Å². The van der Waals surface area contributed by atoms with Crippen LogP contribution in [0.3, 0.4) is 0 Å². The summed E-state index contributed by atoms with van der Waals surface area (Å²) in [5, 5.41) is 4.69. The molecule has 4 bridgehead atoms. The minimum absolute atomic E-state index is 0.162. The standard InChI is InChI=1S/C61H44N2/c1-3-18-43(19-4-1)46-22-15-25-49(40-46)62(50-26-16-23-47(41-50)44-20-5-2-6-21-44)59-53-29-7-9-31-55(53)60(56-32-10-8-30-54(56)59)63-51-27-17-24-48(42-51)57-33-13-14-37-61(57)38-35-45(36-39-61)52-28-11-12-34-58(52)63/h1-12,14-38,40-42H,13,39H2. The maximum Gasteiger partial charge on any atom is 0.0620 e. The summed E-state index contributed by atoms with van der Waals surface area (Å²) in [5.74, 6) is 0. The van der Waals surface area contributed by atoms with Crippen molar-refractivity contribution in [2.24, 2.45) is 5.41 Å². The second-order valence-corrected chi connectivity index (χ2v) is 16.9. The zero-order valence-electron chi connectivity index (χ0n) is 34.9. The quantitative estimate of drug-likeness (QED) is 0.122. The van der Waals surface area contributed by atoms with Gasteiger partial charge in [-0.2, -0.15) is 0 Å². The number of nitrogens with zero attached hydrogens (tertiary/aromatic N) is 2. The van der Waals surface area contributed by atoms with Gasteiger partial charge < -0.3 is 9.80 Å². The van der Waals surface area contributed by atoms with Gasteiger partial charge in [0.1, 0.15) is 0 Å². The molecule has 13 rings (SSSR count). The summed E-state index contributed by atoms with van der Waals surface area (Å²) in [5.41, 5.74) is 16.4. The normalized spacial score (nSPS) is 16.2. The molecule has 9 aromatic carbocycles. The Morgan fingerprint density at radius 3 is 1.63 bits per heavy atom. The van der Waals surface area contributed by atoms with E-state index in [1.54, 1.807) is 0 Å². The van der Waals surface area contributed by atoms with Crippen LogP contribution in [0.25, 0.3) is 54.9 Å². The Morgan fingerprint density at radius 1 is 0.444 bits per heavy atom. The molecule has 2 heterocycles. The van der Waals surface area contributed by atoms with E-state index in [1.807, 2.05) is 0 Å². The Kier molecular flexibility index (Phi) is 8.90. The Labute approximate surface area is 369 Å². The Bertz CT molecular complexity index is 3210. The molecule has 0 N–H and O–H groups in total. The van der Waals surface area contributed by atoms with E-state index in [-0.39, 0.29) is 5.41 Å². The van der Waals surface area contributed by atoms with Gasteiger partial charge >= 0.3 is 0 Å². The van der Waals surface area contributed by atoms with Crippen molar-refractivity contribution in [2.75, 3.05) is 9.80 Å². The monoisotopic (exact) mass is 804 g/mol. The summed E-state index contributed by atoms with van der Waals surface area (Å²) >= 11 is 0. The zero-order valence-corrected chi connectivity index (χ0v) is 34.9. The molecule has 2 aliphatic heterocycles. The molecule has 0 aromatic heterocycles. The van der Waals surface area contributed by atoms with Crippen LogP contribution in [0.5, 0.6) is 0 Å². The van der Waals surface area contributed by atoms with Crippen molar-refractivity contribution in [1.82, 2.24) is 0 Å². The maximum absolute atomic E-state index is 2.54. The van der Waals surface area contributed by atoms with Crippen LogP contribution in [0.4, 0.5) is 34.1 Å². The molecular weight excluding hydrogens is 761 g/mol. The molecule has 2 nitrogen and oxygen atoms in total. The van der Waals surface area contributed by atoms with Crippen molar-refractivity contribution >= 4 is 66.8 Å². The summed E-state index contributed by atoms with van der Waals surface area (Å²) in [7, 11) is 0. The lowest BCUT2D eigenvalue weighted by Crippen LogP contribution is -2.20. The molecule has 298 valence electrons. The van der Waals surface area contributed by atoms with Gasteiger partial charge in [0.05, 0.1) is 17.1 Å². The third kappa shape index (κ3) is 6.25. The molecule has 1 atom stereocenters. The molecule has 1 unspecified atom stereocenters. The van der Waals surface area contributed by atoms with Gasteiger partial charge in [-0.1, -0.05) is 200 Å². The number of para-hydroxylation sites is 1. The van der Waals surface area contributed by atoms with Gasteiger partial charge in [0.25, 0.3) is 0 Å². The number of hydrogen-bond donors (Lipinski definition) is 0. The third-order valence-electron chi connectivity index (χ3n) is 13.2. The first kappa shape index (κ1) is 36.9.